The topological polar surface area (TPSA) is 123 Å². The van der Waals surface area contributed by atoms with Crippen LogP contribution in [0.25, 0.3) is 0 Å². The van der Waals surface area contributed by atoms with E-state index in [0.29, 0.717) is 29.4 Å². The normalized spacial score (nSPS) is 17.4. The largest absolute Gasteiger partial charge is 0.487 e. The lowest BCUT2D eigenvalue weighted by atomic mass is 9.99. The van der Waals surface area contributed by atoms with Gasteiger partial charge in [-0.05, 0) is 49.4 Å². The Labute approximate surface area is 233 Å². The molecule has 0 spiro atoms. The van der Waals surface area contributed by atoms with Gasteiger partial charge in [0.15, 0.2) is 0 Å². The molecule has 0 radical (unpaired) electrons. The second-order valence-corrected chi connectivity index (χ2v) is 9.96. The van der Waals surface area contributed by atoms with Gasteiger partial charge in [-0.25, -0.2) is 9.59 Å². The molecule has 1 aliphatic heterocycles. The monoisotopic (exact) mass is 545 g/mol. The minimum absolute atomic E-state index is 0.160. The average Bonchev–Trinajstić information content (AvgIpc) is 2.95. The molecule has 3 aromatic carbocycles. The van der Waals surface area contributed by atoms with Crippen molar-refractivity contribution in [3.63, 3.8) is 0 Å². The number of aliphatic hydroxyl groups is 1. The van der Waals surface area contributed by atoms with Crippen molar-refractivity contribution in [2.75, 3.05) is 42.7 Å². The fourth-order valence-corrected chi connectivity index (χ4v) is 4.43. The number of fused-ring (bicyclic) bond motifs is 1. The highest BCUT2D eigenvalue weighted by Gasteiger charge is 2.34. The molecule has 0 bridgehead atoms. The van der Waals surface area contributed by atoms with Crippen LogP contribution in [0.4, 0.5) is 26.7 Å². The van der Waals surface area contributed by atoms with Crippen LogP contribution in [0.1, 0.15) is 24.2 Å². The van der Waals surface area contributed by atoms with Crippen molar-refractivity contribution in [2.24, 2.45) is 5.92 Å². The SMILES string of the molecule is C[C@@H]1CN([C@@H](C)CO)C(=O)c2cc(NC(=O)Nc3ccccc3)ccc2O[C@@H]1CN(C)C(=O)Nc1ccccc1. The standard InChI is InChI=1S/C30H35N5O5/c1-20-17-35(21(2)19-36)28(37)25-16-24(32-29(38)31-22-10-6-4-7-11-22)14-15-26(25)40-27(20)18-34(3)30(39)33-23-12-8-5-9-13-23/h4-16,20-21,27,36H,17-19H2,1-3H3,(H,33,39)(H2,31,32,38)/t20-,21+,27-/m1/s1. The van der Waals surface area contributed by atoms with Gasteiger partial charge in [0.1, 0.15) is 11.9 Å². The van der Waals surface area contributed by atoms with E-state index in [4.69, 9.17) is 4.74 Å². The van der Waals surface area contributed by atoms with Gasteiger partial charge in [-0.15, -0.1) is 0 Å². The molecule has 4 N–H and O–H groups in total. The molecule has 210 valence electrons. The Morgan fingerprint density at radius 1 is 0.975 bits per heavy atom. The maximum Gasteiger partial charge on any atom is 0.323 e. The number of hydrogen-bond acceptors (Lipinski definition) is 5. The van der Waals surface area contributed by atoms with Crippen LogP contribution in [-0.4, -0.2) is 71.8 Å². The van der Waals surface area contributed by atoms with E-state index < -0.39 is 18.2 Å². The van der Waals surface area contributed by atoms with E-state index >= 15 is 0 Å². The van der Waals surface area contributed by atoms with Crippen LogP contribution in [0.15, 0.2) is 78.9 Å². The Morgan fingerprint density at radius 2 is 1.57 bits per heavy atom. The van der Waals surface area contributed by atoms with E-state index in [0.717, 1.165) is 0 Å². The van der Waals surface area contributed by atoms with Crippen LogP contribution >= 0.6 is 0 Å². The molecule has 0 fully saturated rings. The number of hydrogen-bond donors (Lipinski definition) is 4. The molecule has 40 heavy (non-hydrogen) atoms. The number of carbonyl (C=O) groups is 3. The molecule has 4 rings (SSSR count). The molecule has 3 atom stereocenters. The van der Waals surface area contributed by atoms with E-state index in [1.807, 2.05) is 55.5 Å². The molecule has 5 amide bonds. The summed E-state index contributed by atoms with van der Waals surface area (Å²) in [6, 6.07) is 21.9. The molecule has 10 nitrogen and oxygen atoms in total. The lowest BCUT2D eigenvalue weighted by molar-refractivity contribution is 0.0371. The van der Waals surface area contributed by atoms with E-state index in [1.54, 1.807) is 54.1 Å². The van der Waals surface area contributed by atoms with Gasteiger partial charge >= 0.3 is 12.1 Å². The van der Waals surface area contributed by atoms with E-state index in [2.05, 4.69) is 16.0 Å². The van der Waals surface area contributed by atoms with Crippen molar-refractivity contribution < 1.29 is 24.2 Å². The van der Waals surface area contributed by atoms with Gasteiger partial charge in [-0.2, -0.15) is 0 Å². The van der Waals surface area contributed by atoms with E-state index in [1.165, 1.54) is 0 Å². The number of nitrogens with zero attached hydrogens (tertiary/aromatic N) is 2. The van der Waals surface area contributed by atoms with Gasteiger partial charge in [0, 0.05) is 36.6 Å². The molecular weight excluding hydrogens is 510 g/mol. The van der Waals surface area contributed by atoms with Gasteiger partial charge in [-0.1, -0.05) is 43.3 Å². The van der Waals surface area contributed by atoms with E-state index in [9.17, 15) is 19.5 Å². The second-order valence-electron chi connectivity index (χ2n) is 9.96. The van der Waals surface area contributed by atoms with Crippen LogP contribution < -0.4 is 20.7 Å². The van der Waals surface area contributed by atoms with Gasteiger partial charge in [0.05, 0.1) is 24.8 Å². The summed E-state index contributed by atoms with van der Waals surface area (Å²) in [6.07, 6.45) is -0.452. The van der Waals surface area contributed by atoms with Crippen LogP contribution in [-0.2, 0) is 0 Å². The number of rotatable bonds is 7. The number of urea groups is 2. The molecule has 0 saturated heterocycles. The molecule has 0 aromatic heterocycles. The fraction of sp³-hybridized carbons (Fsp3) is 0.300. The van der Waals surface area contributed by atoms with Crippen molar-refractivity contribution >= 4 is 35.0 Å². The van der Waals surface area contributed by atoms with Crippen molar-refractivity contribution in [3.8, 4) is 5.75 Å². The zero-order chi connectivity index (χ0) is 28.6. The Bertz CT molecular complexity index is 1320. The van der Waals surface area contributed by atoms with Crippen molar-refractivity contribution in [2.45, 2.75) is 26.0 Å². The first kappa shape index (κ1) is 28.4. The van der Waals surface area contributed by atoms with Gasteiger partial charge in [0.25, 0.3) is 5.91 Å². The highest BCUT2D eigenvalue weighted by molar-refractivity contribution is 6.02. The zero-order valence-corrected chi connectivity index (χ0v) is 22.8. The Hall–Kier alpha value is -4.57. The smallest absolute Gasteiger partial charge is 0.323 e. The van der Waals surface area contributed by atoms with Crippen LogP contribution in [0, 0.1) is 5.92 Å². The molecule has 3 aromatic rings. The third kappa shape index (κ3) is 7.09. The first-order valence-electron chi connectivity index (χ1n) is 13.2. The Morgan fingerprint density at radius 3 is 2.20 bits per heavy atom. The van der Waals surface area contributed by atoms with E-state index in [-0.39, 0.29) is 36.6 Å². The van der Waals surface area contributed by atoms with Crippen molar-refractivity contribution in [1.82, 2.24) is 9.80 Å². The maximum absolute atomic E-state index is 13.6. The molecule has 0 saturated carbocycles. The lowest BCUT2D eigenvalue weighted by Gasteiger charge is -2.38. The molecule has 0 aliphatic carbocycles. The van der Waals surface area contributed by atoms with Crippen LogP contribution in [0.5, 0.6) is 5.75 Å². The predicted octanol–water partition coefficient (Wildman–Crippen LogP) is 4.71. The fourth-order valence-electron chi connectivity index (χ4n) is 4.43. The van der Waals surface area contributed by atoms with Gasteiger partial charge in [-0.3, -0.25) is 4.79 Å². The summed E-state index contributed by atoms with van der Waals surface area (Å²) >= 11 is 0. The minimum atomic E-state index is -0.455. The molecule has 1 aliphatic rings. The summed E-state index contributed by atoms with van der Waals surface area (Å²) in [5.41, 5.74) is 1.98. The number of aliphatic hydroxyl groups excluding tert-OH is 1. The number of nitrogens with one attached hydrogen (secondary N) is 3. The number of amides is 5. The first-order chi connectivity index (χ1) is 19.2. The lowest BCUT2D eigenvalue weighted by Crippen LogP contribution is -2.50. The minimum Gasteiger partial charge on any atom is -0.487 e. The number of benzene rings is 3. The quantitative estimate of drug-likeness (QED) is 0.342. The highest BCUT2D eigenvalue weighted by atomic mass is 16.5. The Kier molecular flexibility index (Phi) is 9.23. The van der Waals surface area contributed by atoms with Crippen LogP contribution in [0.2, 0.25) is 0 Å². The number of carbonyl (C=O) groups excluding carboxylic acids is 3. The third-order valence-corrected chi connectivity index (χ3v) is 6.78. The molecule has 10 heteroatoms. The van der Waals surface area contributed by atoms with Crippen LogP contribution in [0.3, 0.4) is 0 Å². The third-order valence-electron chi connectivity index (χ3n) is 6.78. The van der Waals surface area contributed by atoms with Gasteiger partial charge in [0.2, 0.25) is 0 Å². The van der Waals surface area contributed by atoms with Gasteiger partial charge < -0.3 is 35.6 Å². The summed E-state index contributed by atoms with van der Waals surface area (Å²) in [6.45, 7) is 4.08. The first-order valence-corrected chi connectivity index (χ1v) is 13.2. The summed E-state index contributed by atoms with van der Waals surface area (Å²) in [4.78, 5) is 42.2. The summed E-state index contributed by atoms with van der Waals surface area (Å²) in [7, 11) is 1.69. The number of para-hydroxylation sites is 2. The van der Waals surface area contributed by atoms with Crippen molar-refractivity contribution in [3.05, 3.63) is 84.4 Å². The predicted molar refractivity (Wildman–Crippen MR) is 155 cm³/mol. The summed E-state index contributed by atoms with van der Waals surface area (Å²) < 4.78 is 6.35. The second kappa shape index (κ2) is 13.0. The summed E-state index contributed by atoms with van der Waals surface area (Å²) in [5, 5.41) is 18.3. The number of ether oxygens (including phenoxy) is 1. The average molecular weight is 546 g/mol. The Balaban J connectivity index is 1.55. The molecule has 0 unspecified atom stereocenters. The van der Waals surface area contributed by atoms with Crippen molar-refractivity contribution in [1.29, 1.82) is 0 Å². The highest BCUT2D eigenvalue weighted by Crippen LogP contribution is 2.31. The maximum atomic E-state index is 13.6. The molecular formula is C30H35N5O5. The number of likely N-dealkylation sites (N-methyl/N-ethyl adjacent to an activating group) is 1. The molecule has 1 heterocycles. The summed E-state index contributed by atoms with van der Waals surface area (Å²) in [5.74, 6) is -0.140. The zero-order valence-electron chi connectivity index (χ0n) is 22.8. The number of anilines is 3.